The van der Waals surface area contributed by atoms with Crippen molar-refractivity contribution in [2.75, 3.05) is 11.1 Å². The van der Waals surface area contributed by atoms with Crippen LogP contribution in [0.1, 0.15) is 0 Å². The maximum Gasteiger partial charge on any atom is 0.387 e. The van der Waals surface area contributed by atoms with Crippen molar-refractivity contribution in [3.63, 3.8) is 0 Å². The molecule has 2 rings (SSSR count). The number of nitrogen functional groups attached to an aromatic ring is 1. The van der Waals surface area contributed by atoms with E-state index in [-0.39, 0.29) is 5.75 Å². The largest absolute Gasteiger partial charge is 0.435 e. The van der Waals surface area contributed by atoms with Gasteiger partial charge in [0.1, 0.15) is 5.75 Å². The van der Waals surface area contributed by atoms with Gasteiger partial charge in [-0.25, -0.2) is 0 Å². The number of nitrogens with zero attached hydrogens (tertiary/aromatic N) is 1. The first-order valence-corrected chi connectivity index (χ1v) is 6.06. The third-order valence-corrected chi connectivity index (χ3v) is 2.88. The van der Waals surface area contributed by atoms with E-state index >= 15 is 0 Å². The summed E-state index contributed by atoms with van der Waals surface area (Å²) in [4.78, 5) is 3.92. The molecule has 4 nitrogen and oxygen atoms in total. The Kier molecular flexibility index (Phi) is 4.16. The Labute approximate surface area is 116 Å². The molecule has 0 saturated carbocycles. The number of nitrogens with one attached hydrogen (secondary N) is 1. The molecule has 0 aliphatic carbocycles. The standard InChI is InChI=1S/C12H10BrF2N3O/c13-9-5-17-6-10(16)11(9)18-7-1-3-8(4-2-7)19-12(14)15/h1-6,12H,16H2,(H,17,18). The lowest BCUT2D eigenvalue weighted by Crippen LogP contribution is -2.02. The summed E-state index contributed by atoms with van der Waals surface area (Å²) >= 11 is 3.32. The van der Waals surface area contributed by atoms with E-state index in [1.165, 1.54) is 18.3 Å². The number of nitrogens with two attached hydrogens (primary N) is 1. The third kappa shape index (κ3) is 3.54. The molecule has 3 N–H and O–H groups in total. The molecule has 0 aliphatic rings. The number of anilines is 3. The highest BCUT2D eigenvalue weighted by atomic mass is 79.9. The summed E-state index contributed by atoms with van der Waals surface area (Å²) in [6.45, 7) is -2.83. The summed E-state index contributed by atoms with van der Waals surface area (Å²) in [5.74, 6) is 0.0994. The predicted molar refractivity (Wildman–Crippen MR) is 72.7 cm³/mol. The summed E-state index contributed by atoms with van der Waals surface area (Å²) in [6.07, 6.45) is 3.12. The van der Waals surface area contributed by atoms with Crippen LogP contribution in [-0.4, -0.2) is 11.6 Å². The monoisotopic (exact) mass is 329 g/mol. The lowest BCUT2D eigenvalue weighted by molar-refractivity contribution is -0.0498. The summed E-state index contributed by atoms with van der Waals surface area (Å²) in [6, 6.07) is 6.12. The average molecular weight is 330 g/mol. The Bertz CT molecular complexity index is 543. The van der Waals surface area contributed by atoms with E-state index in [1.54, 1.807) is 18.3 Å². The molecule has 0 atom stereocenters. The zero-order chi connectivity index (χ0) is 13.8. The van der Waals surface area contributed by atoms with Gasteiger partial charge < -0.3 is 15.8 Å². The van der Waals surface area contributed by atoms with Crippen LogP contribution in [0.15, 0.2) is 41.1 Å². The highest BCUT2D eigenvalue weighted by molar-refractivity contribution is 9.10. The number of aromatic nitrogens is 1. The minimum atomic E-state index is -2.83. The van der Waals surface area contributed by atoms with E-state index in [1.807, 2.05) is 0 Å². The molecule has 0 amide bonds. The van der Waals surface area contributed by atoms with Gasteiger partial charge in [-0.15, -0.1) is 0 Å². The van der Waals surface area contributed by atoms with Crippen molar-refractivity contribution in [3.8, 4) is 5.75 Å². The molecular formula is C12H10BrF2N3O. The first-order valence-electron chi connectivity index (χ1n) is 5.27. The number of benzene rings is 1. The number of hydrogen-bond acceptors (Lipinski definition) is 4. The Hall–Kier alpha value is -1.89. The van der Waals surface area contributed by atoms with Crippen LogP contribution < -0.4 is 15.8 Å². The van der Waals surface area contributed by atoms with Gasteiger partial charge in [-0.05, 0) is 40.2 Å². The molecule has 1 aromatic carbocycles. The van der Waals surface area contributed by atoms with Crippen molar-refractivity contribution in [3.05, 3.63) is 41.1 Å². The third-order valence-electron chi connectivity index (χ3n) is 2.28. The fourth-order valence-electron chi connectivity index (χ4n) is 1.45. The van der Waals surface area contributed by atoms with E-state index in [0.717, 1.165) is 0 Å². The maximum atomic E-state index is 12.0. The van der Waals surface area contributed by atoms with E-state index in [2.05, 4.69) is 31.0 Å². The van der Waals surface area contributed by atoms with Crippen LogP contribution in [0, 0.1) is 0 Å². The molecule has 7 heteroatoms. The van der Waals surface area contributed by atoms with Crippen molar-refractivity contribution >= 4 is 33.0 Å². The summed E-state index contributed by atoms with van der Waals surface area (Å²) in [5, 5.41) is 3.07. The van der Waals surface area contributed by atoms with Crippen molar-refractivity contribution in [2.24, 2.45) is 0 Å². The number of alkyl halides is 2. The van der Waals surface area contributed by atoms with Gasteiger partial charge in [-0.1, -0.05) is 0 Å². The Morgan fingerprint density at radius 3 is 2.47 bits per heavy atom. The van der Waals surface area contributed by atoms with Crippen LogP contribution in [0.25, 0.3) is 0 Å². The van der Waals surface area contributed by atoms with Gasteiger partial charge >= 0.3 is 6.61 Å². The molecule has 0 unspecified atom stereocenters. The molecule has 0 radical (unpaired) electrons. The number of ether oxygens (including phenoxy) is 1. The van der Waals surface area contributed by atoms with Crippen LogP contribution in [-0.2, 0) is 0 Å². The van der Waals surface area contributed by atoms with Gasteiger partial charge in [-0.3, -0.25) is 4.98 Å². The number of pyridine rings is 1. The topological polar surface area (TPSA) is 60.2 Å². The van der Waals surface area contributed by atoms with Crippen molar-refractivity contribution in [2.45, 2.75) is 6.61 Å². The SMILES string of the molecule is Nc1cncc(Br)c1Nc1ccc(OC(F)F)cc1. The molecule has 1 heterocycles. The quantitative estimate of drug-likeness (QED) is 0.896. The van der Waals surface area contributed by atoms with E-state index in [9.17, 15) is 8.78 Å². The minimum Gasteiger partial charge on any atom is -0.435 e. The van der Waals surface area contributed by atoms with Crippen molar-refractivity contribution in [1.29, 1.82) is 0 Å². The van der Waals surface area contributed by atoms with Gasteiger partial charge in [-0.2, -0.15) is 8.78 Å². The van der Waals surface area contributed by atoms with Gasteiger partial charge in [0.05, 0.1) is 22.0 Å². The number of rotatable bonds is 4. The molecule has 100 valence electrons. The molecule has 0 spiro atoms. The van der Waals surface area contributed by atoms with Crippen LogP contribution in [0.4, 0.5) is 25.8 Å². The Balaban J connectivity index is 2.15. The van der Waals surface area contributed by atoms with E-state index in [0.29, 0.717) is 21.5 Å². The van der Waals surface area contributed by atoms with E-state index < -0.39 is 6.61 Å². The fourth-order valence-corrected chi connectivity index (χ4v) is 1.89. The van der Waals surface area contributed by atoms with Crippen LogP contribution >= 0.6 is 15.9 Å². The normalized spacial score (nSPS) is 10.5. The van der Waals surface area contributed by atoms with Crippen LogP contribution in [0.2, 0.25) is 0 Å². The molecule has 0 bridgehead atoms. The van der Waals surface area contributed by atoms with Gasteiger partial charge in [0.2, 0.25) is 0 Å². The average Bonchev–Trinajstić information content (AvgIpc) is 2.35. The molecule has 0 saturated heterocycles. The second-order valence-electron chi connectivity index (χ2n) is 3.61. The lowest BCUT2D eigenvalue weighted by Gasteiger charge is -2.11. The summed E-state index contributed by atoms with van der Waals surface area (Å²) < 4.78 is 29.0. The molecule has 2 aromatic rings. The number of hydrogen-bond donors (Lipinski definition) is 2. The lowest BCUT2D eigenvalue weighted by atomic mass is 10.2. The van der Waals surface area contributed by atoms with Gasteiger partial charge in [0.25, 0.3) is 0 Å². The van der Waals surface area contributed by atoms with E-state index in [4.69, 9.17) is 5.73 Å². The van der Waals surface area contributed by atoms with Gasteiger partial charge in [0.15, 0.2) is 0 Å². The van der Waals surface area contributed by atoms with Crippen LogP contribution in [0.5, 0.6) is 5.75 Å². The van der Waals surface area contributed by atoms with Crippen molar-refractivity contribution in [1.82, 2.24) is 4.98 Å². The first-order chi connectivity index (χ1) is 9.06. The zero-order valence-corrected chi connectivity index (χ0v) is 11.2. The van der Waals surface area contributed by atoms with Crippen molar-refractivity contribution < 1.29 is 13.5 Å². The fraction of sp³-hybridized carbons (Fsp3) is 0.0833. The zero-order valence-electron chi connectivity index (χ0n) is 9.61. The first kappa shape index (κ1) is 13.5. The molecular weight excluding hydrogens is 320 g/mol. The summed E-state index contributed by atoms with van der Waals surface area (Å²) in [5.41, 5.74) is 7.62. The second-order valence-corrected chi connectivity index (χ2v) is 4.47. The van der Waals surface area contributed by atoms with Gasteiger partial charge in [0, 0.05) is 11.9 Å². The predicted octanol–water partition coefficient (Wildman–Crippen LogP) is 3.77. The minimum absolute atomic E-state index is 0.0994. The second kappa shape index (κ2) is 5.83. The number of halogens is 3. The molecule has 1 aromatic heterocycles. The summed E-state index contributed by atoms with van der Waals surface area (Å²) in [7, 11) is 0. The molecule has 19 heavy (non-hydrogen) atoms. The Morgan fingerprint density at radius 1 is 1.21 bits per heavy atom. The molecule has 0 aliphatic heterocycles. The van der Waals surface area contributed by atoms with Crippen LogP contribution in [0.3, 0.4) is 0 Å². The molecule has 0 fully saturated rings. The highest BCUT2D eigenvalue weighted by Gasteiger charge is 2.06. The Morgan fingerprint density at radius 2 is 1.89 bits per heavy atom. The highest BCUT2D eigenvalue weighted by Crippen LogP contribution is 2.30. The smallest absolute Gasteiger partial charge is 0.387 e. The maximum absolute atomic E-state index is 12.0.